The van der Waals surface area contributed by atoms with Gasteiger partial charge in [0.1, 0.15) is 11.6 Å². The molecule has 3 nitrogen and oxygen atoms in total. The number of hydrogen-bond donors (Lipinski definition) is 0. The van der Waals surface area contributed by atoms with Crippen molar-refractivity contribution in [3.05, 3.63) is 94.2 Å². The van der Waals surface area contributed by atoms with E-state index in [1.165, 1.54) is 6.07 Å². The molecule has 3 aromatic carbocycles. The lowest BCUT2D eigenvalue weighted by Crippen LogP contribution is -2.20. The Labute approximate surface area is 166 Å². The summed E-state index contributed by atoms with van der Waals surface area (Å²) in [5, 5.41) is 6.56. The summed E-state index contributed by atoms with van der Waals surface area (Å²) >= 11 is 3.46. The Bertz CT molecular complexity index is 988. The van der Waals surface area contributed by atoms with Gasteiger partial charge in [-0.05, 0) is 35.9 Å². The minimum atomic E-state index is -0.293. The molecule has 0 N–H and O–H groups in total. The monoisotopic (exact) mass is 424 g/mol. The molecule has 0 saturated heterocycles. The van der Waals surface area contributed by atoms with Gasteiger partial charge < -0.3 is 4.74 Å². The third-order valence-electron chi connectivity index (χ3n) is 4.69. The van der Waals surface area contributed by atoms with Crippen molar-refractivity contribution in [3.63, 3.8) is 0 Å². The standard InChI is InChI=1S/C22H18BrFN2O/c1-27-22-9-5-2-6-17(22)21-14-19(15-10-12-16(23)13-11-15)25-26(21)20-8-4-3-7-18(20)24/h2-13,21H,14H2,1H3. The number of rotatable bonds is 4. The van der Waals surface area contributed by atoms with Crippen molar-refractivity contribution >= 4 is 27.3 Å². The lowest BCUT2D eigenvalue weighted by atomic mass is 9.97. The minimum Gasteiger partial charge on any atom is -0.496 e. The first kappa shape index (κ1) is 17.7. The highest BCUT2D eigenvalue weighted by molar-refractivity contribution is 9.10. The lowest BCUT2D eigenvalue weighted by molar-refractivity contribution is 0.405. The quantitative estimate of drug-likeness (QED) is 0.516. The van der Waals surface area contributed by atoms with Gasteiger partial charge in [0.05, 0.1) is 24.6 Å². The maximum atomic E-state index is 14.5. The molecule has 3 aromatic rings. The zero-order chi connectivity index (χ0) is 18.8. The van der Waals surface area contributed by atoms with Crippen LogP contribution in [0.4, 0.5) is 10.1 Å². The van der Waals surface area contributed by atoms with E-state index in [0.29, 0.717) is 12.1 Å². The van der Waals surface area contributed by atoms with Gasteiger partial charge in [-0.15, -0.1) is 0 Å². The summed E-state index contributed by atoms with van der Waals surface area (Å²) in [5.41, 5.74) is 3.39. The van der Waals surface area contributed by atoms with Crippen molar-refractivity contribution < 1.29 is 9.13 Å². The molecule has 27 heavy (non-hydrogen) atoms. The fourth-order valence-corrected chi connectivity index (χ4v) is 3.64. The first-order chi connectivity index (χ1) is 13.2. The van der Waals surface area contributed by atoms with Crippen molar-refractivity contribution in [1.82, 2.24) is 0 Å². The first-order valence-electron chi connectivity index (χ1n) is 8.67. The maximum absolute atomic E-state index is 14.5. The molecule has 0 spiro atoms. The Morgan fingerprint density at radius 3 is 2.44 bits per heavy atom. The van der Waals surface area contributed by atoms with E-state index in [1.54, 1.807) is 24.3 Å². The number of anilines is 1. The number of nitrogens with zero attached hydrogens (tertiary/aromatic N) is 2. The molecule has 0 aliphatic carbocycles. The molecule has 0 bridgehead atoms. The fraction of sp³-hybridized carbons (Fsp3) is 0.136. The Morgan fingerprint density at radius 1 is 1.00 bits per heavy atom. The van der Waals surface area contributed by atoms with Crippen LogP contribution in [0, 0.1) is 5.82 Å². The first-order valence-corrected chi connectivity index (χ1v) is 9.47. The third kappa shape index (κ3) is 3.47. The van der Waals surface area contributed by atoms with E-state index in [9.17, 15) is 4.39 Å². The second-order valence-corrected chi connectivity index (χ2v) is 7.23. The van der Waals surface area contributed by atoms with Crippen LogP contribution in [0.25, 0.3) is 0 Å². The average Bonchev–Trinajstić information content (AvgIpc) is 3.13. The molecule has 1 aliphatic rings. The fourth-order valence-electron chi connectivity index (χ4n) is 3.37. The van der Waals surface area contributed by atoms with Crippen molar-refractivity contribution in [2.45, 2.75) is 12.5 Å². The van der Waals surface area contributed by atoms with Crippen molar-refractivity contribution in [2.75, 3.05) is 12.1 Å². The van der Waals surface area contributed by atoms with Gasteiger partial charge in [0.15, 0.2) is 0 Å². The molecule has 0 saturated carbocycles. The van der Waals surface area contributed by atoms with Gasteiger partial charge in [-0.1, -0.05) is 58.4 Å². The Hall–Kier alpha value is -2.66. The van der Waals surface area contributed by atoms with E-state index in [-0.39, 0.29) is 11.9 Å². The molecule has 5 heteroatoms. The SMILES string of the molecule is COc1ccccc1C1CC(c2ccc(Br)cc2)=NN1c1ccccc1F. The zero-order valence-electron chi connectivity index (χ0n) is 14.8. The number of hydrogen-bond acceptors (Lipinski definition) is 3. The summed E-state index contributed by atoms with van der Waals surface area (Å²) in [6, 6.07) is 22.4. The second-order valence-electron chi connectivity index (χ2n) is 6.31. The van der Waals surface area contributed by atoms with Gasteiger partial charge in [-0.25, -0.2) is 4.39 Å². The lowest BCUT2D eigenvalue weighted by Gasteiger charge is -2.25. The van der Waals surface area contributed by atoms with Gasteiger partial charge in [0.25, 0.3) is 0 Å². The van der Waals surface area contributed by atoms with E-state index in [1.807, 2.05) is 54.6 Å². The molecule has 136 valence electrons. The third-order valence-corrected chi connectivity index (χ3v) is 5.21. The van der Waals surface area contributed by atoms with E-state index >= 15 is 0 Å². The summed E-state index contributed by atoms with van der Waals surface area (Å²) in [6.45, 7) is 0. The summed E-state index contributed by atoms with van der Waals surface area (Å²) in [6.07, 6.45) is 0.663. The average molecular weight is 425 g/mol. The normalized spacial score (nSPS) is 16.3. The highest BCUT2D eigenvalue weighted by Gasteiger charge is 2.32. The van der Waals surface area contributed by atoms with Crippen LogP contribution in [-0.4, -0.2) is 12.8 Å². The molecule has 1 atom stereocenters. The van der Waals surface area contributed by atoms with Gasteiger partial charge in [-0.2, -0.15) is 5.10 Å². The number of ether oxygens (including phenoxy) is 1. The number of halogens is 2. The Morgan fingerprint density at radius 2 is 1.70 bits per heavy atom. The molecular formula is C22H18BrFN2O. The molecule has 1 heterocycles. The predicted octanol–water partition coefficient (Wildman–Crippen LogP) is 5.95. The van der Waals surface area contributed by atoms with Crippen LogP contribution in [0.15, 0.2) is 82.4 Å². The molecule has 0 fully saturated rings. The smallest absolute Gasteiger partial charge is 0.148 e. The molecule has 1 unspecified atom stereocenters. The molecule has 1 aliphatic heterocycles. The molecule has 0 radical (unpaired) electrons. The van der Waals surface area contributed by atoms with E-state index in [4.69, 9.17) is 9.84 Å². The van der Waals surface area contributed by atoms with Crippen molar-refractivity contribution in [1.29, 1.82) is 0 Å². The predicted molar refractivity (Wildman–Crippen MR) is 110 cm³/mol. The Balaban J connectivity index is 1.80. The van der Waals surface area contributed by atoms with Crippen molar-refractivity contribution in [2.24, 2.45) is 5.10 Å². The molecular weight excluding hydrogens is 407 g/mol. The minimum absolute atomic E-state index is 0.142. The van der Waals surface area contributed by atoms with Crippen LogP contribution in [0.5, 0.6) is 5.75 Å². The van der Waals surface area contributed by atoms with E-state index in [2.05, 4.69) is 15.9 Å². The van der Waals surface area contributed by atoms with Crippen LogP contribution >= 0.6 is 15.9 Å². The van der Waals surface area contributed by atoms with E-state index in [0.717, 1.165) is 27.1 Å². The number of hydrazone groups is 1. The number of benzene rings is 3. The van der Waals surface area contributed by atoms with Crippen LogP contribution in [-0.2, 0) is 0 Å². The van der Waals surface area contributed by atoms with Crippen LogP contribution < -0.4 is 9.75 Å². The summed E-state index contributed by atoms with van der Waals surface area (Å²) < 4.78 is 21.1. The summed E-state index contributed by atoms with van der Waals surface area (Å²) in [7, 11) is 1.65. The number of para-hydroxylation sites is 2. The summed E-state index contributed by atoms with van der Waals surface area (Å²) in [4.78, 5) is 0. The Kier molecular flexibility index (Phi) is 4.94. The van der Waals surface area contributed by atoms with Gasteiger partial charge >= 0.3 is 0 Å². The van der Waals surface area contributed by atoms with Crippen molar-refractivity contribution in [3.8, 4) is 5.75 Å². The van der Waals surface area contributed by atoms with E-state index < -0.39 is 0 Å². The second kappa shape index (κ2) is 7.53. The maximum Gasteiger partial charge on any atom is 0.148 e. The van der Waals surface area contributed by atoms with Gasteiger partial charge in [-0.3, -0.25) is 5.01 Å². The van der Waals surface area contributed by atoms with Crippen LogP contribution in [0.1, 0.15) is 23.6 Å². The largest absolute Gasteiger partial charge is 0.496 e. The van der Waals surface area contributed by atoms with Gasteiger partial charge in [0.2, 0.25) is 0 Å². The molecule has 0 amide bonds. The highest BCUT2D eigenvalue weighted by Crippen LogP contribution is 2.40. The highest BCUT2D eigenvalue weighted by atomic mass is 79.9. The van der Waals surface area contributed by atoms with Gasteiger partial charge in [0, 0.05) is 16.5 Å². The molecule has 4 rings (SSSR count). The van der Waals surface area contributed by atoms with Crippen LogP contribution in [0.3, 0.4) is 0 Å². The molecule has 0 aromatic heterocycles. The number of methoxy groups -OCH3 is 1. The van der Waals surface area contributed by atoms with Crippen LogP contribution in [0.2, 0.25) is 0 Å². The summed E-state index contributed by atoms with van der Waals surface area (Å²) in [5.74, 6) is 0.481. The zero-order valence-corrected chi connectivity index (χ0v) is 16.4. The topological polar surface area (TPSA) is 24.8 Å².